The van der Waals surface area contributed by atoms with Crippen molar-refractivity contribution in [1.29, 1.82) is 0 Å². The molecule has 0 N–H and O–H groups in total. The number of rotatable bonds is 5. The maximum atomic E-state index is 3.80. The molecule has 11 heavy (non-hydrogen) atoms. The van der Waals surface area contributed by atoms with Crippen molar-refractivity contribution in [2.45, 2.75) is 53.4 Å². The molecule has 0 amide bonds. The van der Waals surface area contributed by atoms with E-state index >= 15 is 0 Å². The van der Waals surface area contributed by atoms with Gasteiger partial charge in [0.2, 0.25) is 0 Å². The summed E-state index contributed by atoms with van der Waals surface area (Å²) in [7, 11) is 0. The van der Waals surface area contributed by atoms with Crippen LogP contribution < -0.4 is 0 Å². The molecule has 0 rings (SSSR count). The largest absolute Gasteiger partial charge is 0.103 e. The highest BCUT2D eigenvalue weighted by Gasteiger charge is 1.98. The van der Waals surface area contributed by atoms with Gasteiger partial charge in [-0.3, -0.25) is 0 Å². The molecule has 0 heterocycles. The van der Waals surface area contributed by atoms with Crippen molar-refractivity contribution in [3.05, 3.63) is 12.7 Å². The summed E-state index contributed by atoms with van der Waals surface area (Å²) in [6, 6.07) is 0. The zero-order valence-corrected chi connectivity index (χ0v) is 8.69. The predicted octanol–water partition coefficient (Wildman–Crippen LogP) is 4.42. The monoisotopic (exact) mass is 156 g/mol. The first-order valence-electron chi connectivity index (χ1n) is 4.97. The van der Waals surface area contributed by atoms with Gasteiger partial charge in [0.15, 0.2) is 0 Å². The van der Waals surface area contributed by atoms with E-state index in [2.05, 4.69) is 26.5 Å². The summed E-state index contributed by atoms with van der Waals surface area (Å²) >= 11 is 0. The van der Waals surface area contributed by atoms with E-state index in [1.165, 1.54) is 25.7 Å². The Morgan fingerprint density at radius 2 is 1.45 bits per heavy atom. The third kappa shape index (κ3) is 9.74. The van der Waals surface area contributed by atoms with E-state index in [0.29, 0.717) is 0 Å². The molecule has 0 unspecified atom stereocenters. The Bertz CT molecular complexity index is 58.4. The van der Waals surface area contributed by atoms with Crippen molar-refractivity contribution >= 4 is 0 Å². The molecule has 68 valence electrons. The van der Waals surface area contributed by atoms with Crippen LogP contribution in [0.5, 0.6) is 0 Å². The van der Waals surface area contributed by atoms with Crippen molar-refractivity contribution in [2.75, 3.05) is 0 Å². The summed E-state index contributed by atoms with van der Waals surface area (Å²) in [6.07, 6.45) is 7.30. The summed E-state index contributed by atoms with van der Waals surface area (Å²) in [5.74, 6) is 0.778. The van der Waals surface area contributed by atoms with Gasteiger partial charge in [-0.15, -0.1) is 6.58 Å². The zero-order valence-electron chi connectivity index (χ0n) is 8.69. The second-order valence-electron chi connectivity index (χ2n) is 2.57. The number of hydrogen-bond acceptors (Lipinski definition) is 0. The van der Waals surface area contributed by atoms with Gasteiger partial charge >= 0.3 is 0 Å². The normalized spacial score (nSPS) is 8.82. The topological polar surface area (TPSA) is 0 Å². The lowest BCUT2D eigenvalue weighted by Crippen LogP contribution is -1.93. The molecule has 0 aliphatic heterocycles. The van der Waals surface area contributed by atoms with Gasteiger partial charge in [-0.1, -0.05) is 46.6 Å². The first kappa shape index (κ1) is 13.3. The van der Waals surface area contributed by atoms with Crippen LogP contribution in [-0.2, 0) is 0 Å². The van der Waals surface area contributed by atoms with E-state index in [9.17, 15) is 0 Å². The maximum Gasteiger partial charge on any atom is -0.0236 e. The lowest BCUT2D eigenvalue weighted by atomic mass is 9.99. The van der Waals surface area contributed by atoms with Gasteiger partial charge < -0.3 is 0 Å². The fraction of sp³-hybridized carbons (Fsp3) is 0.818. The molecular weight excluding hydrogens is 132 g/mol. The number of allylic oxidation sites excluding steroid dienone is 1. The standard InChI is InChI=1S/C9H18.C2H6/c1-4-7-9(6-3)8-5-2;1-2/h6,9H,3-5,7-8H2,1-2H3;1-2H3. The maximum absolute atomic E-state index is 3.80. The fourth-order valence-electron chi connectivity index (χ4n) is 1.12. The van der Waals surface area contributed by atoms with Crippen LogP contribution in [0.15, 0.2) is 12.7 Å². The Morgan fingerprint density at radius 1 is 1.09 bits per heavy atom. The van der Waals surface area contributed by atoms with Gasteiger partial charge in [0.05, 0.1) is 0 Å². The first-order valence-corrected chi connectivity index (χ1v) is 4.97. The molecule has 0 saturated heterocycles. The highest BCUT2D eigenvalue weighted by molar-refractivity contribution is 4.77. The molecule has 0 radical (unpaired) electrons. The van der Waals surface area contributed by atoms with Crippen LogP contribution in [0.4, 0.5) is 0 Å². The minimum Gasteiger partial charge on any atom is -0.103 e. The van der Waals surface area contributed by atoms with Gasteiger partial charge in [0, 0.05) is 0 Å². The molecule has 0 saturated carbocycles. The summed E-state index contributed by atoms with van der Waals surface area (Å²) < 4.78 is 0. The summed E-state index contributed by atoms with van der Waals surface area (Å²) in [5, 5.41) is 0. The number of hydrogen-bond donors (Lipinski definition) is 0. The van der Waals surface area contributed by atoms with Gasteiger partial charge in [-0.2, -0.15) is 0 Å². The molecule has 0 aromatic carbocycles. The Kier molecular flexibility index (Phi) is 15.1. The zero-order chi connectivity index (χ0) is 9.11. The van der Waals surface area contributed by atoms with Crippen LogP contribution in [0.1, 0.15) is 53.4 Å². The highest BCUT2D eigenvalue weighted by Crippen LogP contribution is 2.13. The quantitative estimate of drug-likeness (QED) is 0.517. The molecule has 0 aromatic heterocycles. The van der Waals surface area contributed by atoms with Crippen molar-refractivity contribution in [3.63, 3.8) is 0 Å². The molecule has 0 nitrogen and oxygen atoms in total. The molecule has 0 heteroatoms. The van der Waals surface area contributed by atoms with Crippen LogP contribution in [0.25, 0.3) is 0 Å². The second-order valence-corrected chi connectivity index (χ2v) is 2.57. The smallest absolute Gasteiger partial charge is 0.0236 e. The SMILES string of the molecule is C=CC(CCC)CCC.CC. The van der Waals surface area contributed by atoms with Gasteiger partial charge in [-0.05, 0) is 18.8 Å². The Morgan fingerprint density at radius 3 is 1.64 bits per heavy atom. The molecular formula is C11H24. The average molecular weight is 156 g/mol. The summed E-state index contributed by atoms with van der Waals surface area (Å²) in [5.41, 5.74) is 0. The molecule has 0 fully saturated rings. The van der Waals surface area contributed by atoms with Crippen LogP contribution in [0.3, 0.4) is 0 Å². The average Bonchev–Trinajstić information content (AvgIpc) is 2.08. The van der Waals surface area contributed by atoms with Crippen molar-refractivity contribution in [2.24, 2.45) is 5.92 Å². The minimum atomic E-state index is 0.778. The Labute approximate surface area is 72.7 Å². The van der Waals surface area contributed by atoms with Crippen LogP contribution in [0.2, 0.25) is 0 Å². The van der Waals surface area contributed by atoms with Gasteiger partial charge in [-0.25, -0.2) is 0 Å². The van der Waals surface area contributed by atoms with Crippen molar-refractivity contribution in [1.82, 2.24) is 0 Å². The minimum absolute atomic E-state index is 0.778. The first-order chi connectivity index (χ1) is 5.35. The fourth-order valence-corrected chi connectivity index (χ4v) is 1.12. The van der Waals surface area contributed by atoms with Crippen LogP contribution in [0, 0.1) is 5.92 Å². The van der Waals surface area contributed by atoms with E-state index in [0.717, 1.165) is 5.92 Å². The van der Waals surface area contributed by atoms with E-state index < -0.39 is 0 Å². The van der Waals surface area contributed by atoms with Crippen LogP contribution in [-0.4, -0.2) is 0 Å². The third-order valence-corrected chi connectivity index (χ3v) is 1.65. The van der Waals surface area contributed by atoms with Crippen LogP contribution >= 0.6 is 0 Å². The van der Waals surface area contributed by atoms with E-state index in [1.807, 2.05) is 13.8 Å². The predicted molar refractivity (Wildman–Crippen MR) is 54.9 cm³/mol. The lowest BCUT2D eigenvalue weighted by molar-refractivity contribution is 0.531. The van der Waals surface area contributed by atoms with Gasteiger partial charge in [0.25, 0.3) is 0 Å². The van der Waals surface area contributed by atoms with Crippen molar-refractivity contribution in [3.8, 4) is 0 Å². The summed E-state index contributed by atoms with van der Waals surface area (Å²) in [4.78, 5) is 0. The van der Waals surface area contributed by atoms with E-state index in [-0.39, 0.29) is 0 Å². The second kappa shape index (κ2) is 12.4. The Hall–Kier alpha value is -0.260. The lowest BCUT2D eigenvalue weighted by Gasteiger charge is -2.07. The molecule has 0 aliphatic rings. The Balaban J connectivity index is 0. The highest BCUT2D eigenvalue weighted by atomic mass is 14.0. The van der Waals surface area contributed by atoms with Crippen molar-refractivity contribution < 1.29 is 0 Å². The molecule has 0 bridgehead atoms. The molecule has 0 aliphatic carbocycles. The van der Waals surface area contributed by atoms with Gasteiger partial charge in [0.1, 0.15) is 0 Å². The molecule has 0 aromatic rings. The molecule has 0 spiro atoms. The molecule has 0 atom stereocenters. The summed E-state index contributed by atoms with van der Waals surface area (Å²) in [6.45, 7) is 12.3. The van der Waals surface area contributed by atoms with E-state index in [4.69, 9.17) is 0 Å². The van der Waals surface area contributed by atoms with E-state index in [1.54, 1.807) is 0 Å². The third-order valence-electron chi connectivity index (χ3n) is 1.65.